The summed E-state index contributed by atoms with van der Waals surface area (Å²) in [5, 5.41) is 3.39. The van der Waals surface area contributed by atoms with Crippen LogP contribution in [-0.2, 0) is 5.41 Å². The molecule has 1 aromatic rings. The van der Waals surface area contributed by atoms with E-state index < -0.39 is 0 Å². The van der Waals surface area contributed by atoms with E-state index >= 15 is 0 Å². The Bertz CT molecular complexity index is 380. The molecule has 3 nitrogen and oxygen atoms in total. The van der Waals surface area contributed by atoms with Crippen LogP contribution in [0.3, 0.4) is 0 Å². The highest BCUT2D eigenvalue weighted by Crippen LogP contribution is 2.32. The molecule has 0 spiro atoms. The van der Waals surface area contributed by atoms with Crippen molar-refractivity contribution in [2.75, 3.05) is 33.1 Å². The minimum absolute atomic E-state index is 0.0441. The van der Waals surface area contributed by atoms with E-state index in [1.807, 2.05) is 12.1 Å². The molecule has 102 valence electrons. The Kier molecular flexibility index (Phi) is 5.82. The molecule has 0 aliphatic carbocycles. The minimum atomic E-state index is 0.0441. The topological polar surface area (TPSA) is 30.5 Å². The van der Waals surface area contributed by atoms with Gasteiger partial charge in [0.25, 0.3) is 0 Å². The van der Waals surface area contributed by atoms with Gasteiger partial charge in [0, 0.05) is 24.3 Å². The number of hydrogen-bond acceptors (Lipinski definition) is 4. The predicted molar refractivity (Wildman–Crippen MR) is 79.3 cm³/mol. The number of hydrogen-bond donors (Lipinski definition) is 2. The van der Waals surface area contributed by atoms with Crippen LogP contribution >= 0.6 is 12.6 Å². The molecular formula is C14H23NO2S. The van der Waals surface area contributed by atoms with Crippen molar-refractivity contribution in [1.29, 1.82) is 0 Å². The monoisotopic (exact) mass is 269 g/mol. The van der Waals surface area contributed by atoms with Gasteiger partial charge in [-0.1, -0.05) is 19.9 Å². The molecule has 0 saturated carbocycles. The van der Waals surface area contributed by atoms with Crippen LogP contribution in [-0.4, -0.2) is 33.1 Å². The fourth-order valence-corrected chi connectivity index (χ4v) is 2.00. The van der Waals surface area contributed by atoms with Gasteiger partial charge in [-0.3, -0.25) is 0 Å². The van der Waals surface area contributed by atoms with Crippen molar-refractivity contribution >= 4 is 12.6 Å². The first kappa shape index (κ1) is 15.2. The number of thiol groups is 1. The maximum atomic E-state index is 5.34. The summed E-state index contributed by atoms with van der Waals surface area (Å²) in [7, 11) is 3.31. The van der Waals surface area contributed by atoms with Crippen molar-refractivity contribution in [2.45, 2.75) is 19.3 Å². The Morgan fingerprint density at radius 2 is 1.83 bits per heavy atom. The zero-order chi connectivity index (χ0) is 13.6. The predicted octanol–water partition coefficient (Wildman–Crippen LogP) is 2.50. The standard InChI is InChI=1S/C14H23NO2S/c1-14(2,10-15-7-8-18)11-5-6-12(16-3)13(9-11)17-4/h5-6,9,15,18H,7-8,10H2,1-4H3. The van der Waals surface area contributed by atoms with Crippen LogP contribution in [0.4, 0.5) is 0 Å². The van der Waals surface area contributed by atoms with Gasteiger partial charge in [0.05, 0.1) is 14.2 Å². The number of rotatable bonds is 7. The summed E-state index contributed by atoms with van der Waals surface area (Å²) in [5.41, 5.74) is 1.27. The molecule has 4 heteroatoms. The molecule has 0 heterocycles. The summed E-state index contributed by atoms with van der Waals surface area (Å²) >= 11 is 4.20. The Labute approximate surface area is 115 Å². The van der Waals surface area contributed by atoms with Crippen molar-refractivity contribution < 1.29 is 9.47 Å². The van der Waals surface area contributed by atoms with Gasteiger partial charge in [-0.25, -0.2) is 0 Å². The first-order valence-corrected chi connectivity index (χ1v) is 6.72. The summed E-state index contributed by atoms with van der Waals surface area (Å²) in [4.78, 5) is 0. The third-order valence-electron chi connectivity index (χ3n) is 3.02. The van der Waals surface area contributed by atoms with Gasteiger partial charge < -0.3 is 14.8 Å². The molecule has 0 radical (unpaired) electrons. The molecular weight excluding hydrogens is 246 g/mol. The zero-order valence-corrected chi connectivity index (χ0v) is 12.5. The van der Waals surface area contributed by atoms with Gasteiger partial charge >= 0.3 is 0 Å². The first-order chi connectivity index (χ1) is 8.55. The quantitative estimate of drug-likeness (QED) is 0.589. The lowest BCUT2D eigenvalue weighted by Crippen LogP contribution is -2.33. The molecule has 0 amide bonds. The second-order valence-electron chi connectivity index (χ2n) is 4.85. The minimum Gasteiger partial charge on any atom is -0.493 e. The van der Waals surface area contributed by atoms with E-state index in [4.69, 9.17) is 9.47 Å². The largest absolute Gasteiger partial charge is 0.493 e. The molecule has 0 bridgehead atoms. The van der Waals surface area contributed by atoms with Crippen LogP contribution in [0.2, 0.25) is 0 Å². The zero-order valence-electron chi connectivity index (χ0n) is 11.6. The van der Waals surface area contributed by atoms with Crippen LogP contribution in [0.15, 0.2) is 18.2 Å². The molecule has 0 fully saturated rings. The molecule has 0 aliphatic rings. The fraction of sp³-hybridized carbons (Fsp3) is 0.571. The van der Waals surface area contributed by atoms with Gasteiger partial charge in [-0.2, -0.15) is 12.6 Å². The number of methoxy groups -OCH3 is 2. The summed E-state index contributed by atoms with van der Waals surface area (Å²) in [6.07, 6.45) is 0. The highest BCUT2D eigenvalue weighted by Gasteiger charge is 2.21. The second kappa shape index (κ2) is 6.90. The van der Waals surface area contributed by atoms with Gasteiger partial charge in [-0.15, -0.1) is 0 Å². The van der Waals surface area contributed by atoms with E-state index in [9.17, 15) is 0 Å². The van der Waals surface area contributed by atoms with E-state index in [0.717, 1.165) is 30.3 Å². The second-order valence-corrected chi connectivity index (χ2v) is 5.30. The summed E-state index contributed by atoms with van der Waals surface area (Å²) < 4.78 is 10.6. The van der Waals surface area contributed by atoms with Gasteiger partial charge in [0.1, 0.15) is 0 Å². The Morgan fingerprint density at radius 1 is 1.17 bits per heavy atom. The molecule has 0 saturated heterocycles. The molecule has 18 heavy (non-hydrogen) atoms. The lowest BCUT2D eigenvalue weighted by Gasteiger charge is -2.26. The molecule has 1 aromatic carbocycles. The Balaban J connectivity index is 2.87. The van der Waals surface area contributed by atoms with E-state index in [1.54, 1.807) is 14.2 Å². The summed E-state index contributed by atoms with van der Waals surface area (Å²) in [6, 6.07) is 6.08. The smallest absolute Gasteiger partial charge is 0.161 e. The van der Waals surface area contributed by atoms with Crippen molar-refractivity contribution in [3.8, 4) is 11.5 Å². The molecule has 0 aliphatic heterocycles. The molecule has 1 N–H and O–H groups in total. The van der Waals surface area contributed by atoms with Crippen LogP contribution in [0.5, 0.6) is 11.5 Å². The molecule has 1 rings (SSSR count). The van der Waals surface area contributed by atoms with Crippen LogP contribution < -0.4 is 14.8 Å². The first-order valence-electron chi connectivity index (χ1n) is 6.09. The van der Waals surface area contributed by atoms with Crippen molar-refractivity contribution in [3.63, 3.8) is 0 Å². The van der Waals surface area contributed by atoms with Crippen molar-refractivity contribution in [1.82, 2.24) is 5.32 Å². The van der Waals surface area contributed by atoms with Gasteiger partial charge in [-0.05, 0) is 17.7 Å². The van der Waals surface area contributed by atoms with Crippen LogP contribution in [0, 0.1) is 0 Å². The number of ether oxygens (including phenoxy) is 2. The number of nitrogens with one attached hydrogen (secondary N) is 1. The van der Waals surface area contributed by atoms with E-state index in [2.05, 4.69) is 37.9 Å². The molecule has 0 aromatic heterocycles. The van der Waals surface area contributed by atoms with Crippen LogP contribution in [0.1, 0.15) is 19.4 Å². The van der Waals surface area contributed by atoms with Gasteiger partial charge in [0.15, 0.2) is 11.5 Å². The molecule has 0 unspecified atom stereocenters. The lowest BCUT2D eigenvalue weighted by molar-refractivity contribution is 0.353. The van der Waals surface area contributed by atoms with E-state index in [-0.39, 0.29) is 5.41 Å². The Morgan fingerprint density at radius 3 is 2.39 bits per heavy atom. The third kappa shape index (κ3) is 3.82. The summed E-state index contributed by atoms with van der Waals surface area (Å²) in [5.74, 6) is 2.39. The Hall–Kier alpha value is -0.870. The van der Waals surface area contributed by atoms with Crippen molar-refractivity contribution in [2.24, 2.45) is 0 Å². The average molecular weight is 269 g/mol. The van der Waals surface area contributed by atoms with Crippen molar-refractivity contribution in [3.05, 3.63) is 23.8 Å². The maximum absolute atomic E-state index is 5.34. The fourth-order valence-electron chi connectivity index (χ4n) is 1.84. The van der Waals surface area contributed by atoms with Crippen LogP contribution in [0.25, 0.3) is 0 Å². The highest BCUT2D eigenvalue weighted by molar-refractivity contribution is 7.80. The van der Waals surface area contributed by atoms with Gasteiger partial charge in [0.2, 0.25) is 0 Å². The maximum Gasteiger partial charge on any atom is 0.161 e. The average Bonchev–Trinajstić information content (AvgIpc) is 2.38. The normalized spacial score (nSPS) is 11.4. The SMILES string of the molecule is COc1ccc(C(C)(C)CNCCS)cc1OC. The highest BCUT2D eigenvalue weighted by atomic mass is 32.1. The third-order valence-corrected chi connectivity index (χ3v) is 3.24. The number of benzene rings is 1. The lowest BCUT2D eigenvalue weighted by atomic mass is 9.84. The van der Waals surface area contributed by atoms with E-state index in [0.29, 0.717) is 0 Å². The van der Waals surface area contributed by atoms with E-state index in [1.165, 1.54) is 5.56 Å². The summed E-state index contributed by atoms with van der Waals surface area (Å²) in [6.45, 7) is 6.24. The molecule has 0 atom stereocenters.